The van der Waals surface area contributed by atoms with E-state index in [2.05, 4.69) is 6.58 Å². The molecule has 0 aromatic heterocycles. The third-order valence-electron chi connectivity index (χ3n) is 1.28. The van der Waals surface area contributed by atoms with E-state index < -0.39 is 0 Å². The van der Waals surface area contributed by atoms with Gasteiger partial charge >= 0.3 is 0 Å². The summed E-state index contributed by atoms with van der Waals surface area (Å²) < 4.78 is 0. The van der Waals surface area contributed by atoms with Gasteiger partial charge in [0, 0.05) is 0 Å². The van der Waals surface area contributed by atoms with Crippen LogP contribution in [0.1, 0.15) is 11.1 Å². The van der Waals surface area contributed by atoms with Gasteiger partial charge < -0.3 is 0 Å². The van der Waals surface area contributed by atoms with Crippen molar-refractivity contribution >= 4 is 6.08 Å². The van der Waals surface area contributed by atoms with Crippen LogP contribution in [-0.2, 0) is 0 Å². The molecule has 10 heavy (non-hydrogen) atoms. The quantitative estimate of drug-likeness (QED) is 0.570. The van der Waals surface area contributed by atoms with Crippen molar-refractivity contribution in [2.75, 3.05) is 0 Å². The Kier molecular flexibility index (Phi) is 1.86. The van der Waals surface area contributed by atoms with Crippen LogP contribution in [0.25, 0.3) is 6.08 Å². The van der Waals surface area contributed by atoms with E-state index >= 15 is 0 Å². The van der Waals surface area contributed by atoms with Gasteiger partial charge in [-0.15, -0.1) is 0 Å². The Balaban J connectivity index is 3.04. The maximum Gasteiger partial charge on any atom is 0.0991 e. The van der Waals surface area contributed by atoms with Crippen LogP contribution in [0.5, 0.6) is 0 Å². The van der Waals surface area contributed by atoms with E-state index in [0.717, 1.165) is 5.56 Å². The molecule has 0 aliphatic heterocycles. The van der Waals surface area contributed by atoms with Gasteiger partial charge in [0.05, 0.1) is 11.6 Å². The van der Waals surface area contributed by atoms with E-state index in [9.17, 15) is 0 Å². The normalized spacial score (nSPS) is 8.30. The Labute approximate surface area is 60.2 Å². The van der Waals surface area contributed by atoms with E-state index in [1.54, 1.807) is 18.2 Å². The molecule has 0 radical (unpaired) electrons. The van der Waals surface area contributed by atoms with Crippen molar-refractivity contribution in [1.82, 2.24) is 0 Å². The van der Waals surface area contributed by atoms with Crippen molar-refractivity contribution in [3.8, 4) is 6.07 Å². The van der Waals surface area contributed by atoms with Crippen molar-refractivity contribution < 1.29 is 0 Å². The van der Waals surface area contributed by atoms with E-state index in [1.165, 1.54) is 0 Å². The number of hydrogen-bond donors (Lipinski definition) is 0. The van der Waals surface area contributed by atoms with Gasteiger partial charge in [-0.3, -0.25) is 0 Å². The molecule has 1 aromatic rings. The fourth-order valence-electron chi connectivity index (χ4n) is 0.694. The first-order valence-corrected chi connectivity index (χ1v) is 2.99. The molecule has 1 heteroatoms. The van der Waals surface area contributed by atoms with Gasteiger partial charge in [-0.1, -0.05) is 24.8 Å². The molecule has 0 saturated carbocycles. The van der Waals surface area contributed by atoms with E-state index in [4.69, 9.17) is 5.26 Å². The fraction of sp³-hybridized carbons (Fsp3) is 0. The molecule has 48 valence electrons. The Bertz CT molecular complexity index is 264. The van der Waals surface area contributed by atoms with Crippen LogP contribution >= 0.6 is 0 Å². The minimum absolute atomic E-state index is 0.686. The largest absolute Gasteiger partial charge is 0.192 e. The third-order valence-corrected chi connectivity index (χ3v) is 1.28. The molecule has 0 heterocycles. The highest BCUT2D eigenvalue weighted by atomic mass is 14.2. The van der Waals surface area contributed by atoms with Crippen LogP contribution in [0, 0.1) is 11.3 Å². The maximum atomic E-state index is 8.43. The van der Waals surface area contributed by atoms with Crippen LogP contribution in [0.4, 0.5) is 0 Å². The van der Waals surface area contributed by atoms with E-state index in [-0.39, 0.29) is 0 Å². The van der Waals surface area contributed by atoms with Crippen molar-refractivity contribution in [2.45, 2.75) is 0 Å². The van der Waals surface area contributed by atoms with Gasteiger partial charge in [0.25, 0.3) is 0 Å². The minimum Gasteiger partial charge on any atom is -0.192 e. The lowest BCUT2D eigenvalue weighted by Gasteiger charge is -1.89. The van der Waals surface area contributed by atoms with Crippen molar-refractivity contribution in [3.63, 3.8) is 0 Å². The van der Waals surface area contributed by atoms with Crippen LogP contribution in [-0.4, -0.2) is 0 Å². The highest BCUT2D eigenvalue weighted by molar-refractivity contribution is 5.48. The van der Waals surface area contributed by atoms with Crippen molar-refractivity contribution in [3.05, 3.63) is 42.0 Å². The molecule has 0 aliphatic carbocycles. The van der Waals surface area contributed by atoms with Crippen LogP contribution in [0.3, 0.4) is 0 Å². The molecular weight excluding hydrogens is 122 g/mol. The second-order valence-electron chi connectivity index (χ2n) is 1.94. The summed E-state index contributed by atoms with van der Waals surface area (Å²) in [5.74, 6) is 0. The number of nitrogens with zero attached hydrogens (tertiary/aromatic N) is 1. The molecule has 0 bridgehead atoms. The third kappa shape index (κ3) is 1.24. The lowest BCUT2D eigenvalue weighted by atomic mass is 10.1. The van der Waals surface area contributed by atoms with Gasteiger partial charge in [-0.25, -0.2) is 0 Å². The van der Waals surface area contributed by atoms with Crippen LogP contribution in [0.15, 0.2) is 30.8 Å². The van der Waals surface area contributed by atoms with E-state index in [0.29, 0.717) is 5.56 Å². The zero-order chi connectivity index (χ0) is 7.40. The highest BCUT2D eigenvalue weighted by Gasteiger charge is 1.86. The molecule has 0 fully saturated rings. The Morgan fingerprint density at radius 1 is 1.30 bits per heavy atom. The predicted molar refractivity (Wildman–Crippen MR) is 41.2 cm³/mol. The zero-order valence-corrected chi connectivity index (χ0v) is 5.54. The molecule has 0 atom stereocenters. The lowest BCUT2D eigenvalue weighted by molar-refractivity contribution is 1.48. The van der Waals surface area contributed by atoms with Crippen LogP contribution in [0.2, 0.25) is 0 Å². The first kappa shape index (κ1) is 6.57. The average Bonchev–Trinajstić information content (AvgIpc) is 2.05. The average molecular weight is 129 g/mol. The summed E-state index contributed by atoms with van der Waals surface area (Å²) in [5.41, 5.74) is 1.73. The smallest absolute Gasteiger partial charge is 0.0991 e. The standard InChI is InChI=1S/C9H7N/c1-2-8-3-5-9(7-10)6-4-8/h2-6H,1H2. The second kappa shape index (κ2) is 2.84. The molecule has 1 aromatic carbocycles. The first-order valence-electron chi connectivity index (χ1n) is 2.99. The number of rotatable bonds is 1. The number of nitriles is 1. The SMILES string of the molecule is C=Cc1ccc(C#N)cc1. The molecule has 0 aliphatic rings. The van der Waals surface area contributed by atoms with Gasteiger partial charge in [0.15, 0.2) is 0 Å². The summed E-state index contributed by atoms with van der Waals surface area (Å²) in [5, 5.41) is 8.43. The van der Waals surface area contributed by atoms with Crippen molar-refractivity contribution in [2.24, 2.45) is 0 Å². The summed E-state index contributed by atoms with van der Waals surface area (Å²) >= 11 is 0. The zero-order valence-electron chi connectivity index (χ0n) is 5.54. The lowest BCUT2D eigenvalue weighted by Crippen LogP contribution is -1.73. The van der Waals surface area contributed by atoms with Gasteiger partial charge in [-0.05, 0) is 17.7 Å². The van der Waals surface area contributed by atoms with Crippen LogP contribution < -0.4 is 0 Å². The van der Waals surface area contributed by atoms with Crippen molar-refractivity contribution in [1.29, 1.82) is 5.26 Å². The minimum atomic E-state index is 0.686. The summed E-state index contributed by atoms with van der Waals surface area (Å²) in [7, 11) is 0. The summed E-state index contributed by atoms with van der Waals surface area (Å²) in [6.07, 6.45) is 1.75. The number of benzene rings is 1. The van der Waals surface area contributed by atoms with Gasteiger partial charge in [0.1, 0.15) is 0 Å². The summed E-state index contributed by atoms with van der Waals surface area (Å²) in [6, 6.07) is 9.33. The molecule has 0 saturated heterocycles. The first-order chi connectivity index (χ1) is 4.86. The molecular formula is C9H7N. The fourth-order valence-corrected chi connectivity index (χ4v) is 0.694. The molecule has 1 rings (SSSR count). The Hall–Kier alpha value is -1.55. The molecule has 0 unspecified atom stereocenters. The summed E-state index contributed by atoms with van der Waals surface area (Å²) in [6.45, 7) is 3.60. The molecule has 0 amide bonds. The summed E-state index contributed by atoms with van der Waals surface area (Å²) in [4.78, 5) is 0. The maximum absolute atomic E-state index is 8.43. The number of hydrogen-bond acceptors (Lipinski definition) is 1. The second-order valence-corrected chi connectivity index (χ2v) is 1.94. The molecule has 0 N–H and O–H groups in total. The highest BCUT2D eigenvalue weighted by Crippen LogP contribution is 2.03. The molecule has 0 spiro atoms. The Morgan fingerprint density at radius 2 is 1.90 bits per heavy atom. The van der Waals surface area contributed by atoms with E-state index in [1.807, 2.05) is 18.2 Å². The Morgan fingerprint density at radius 3 is 2.30 bits per heavy atom. The predicted octanol–water partition coefficient (Wildman–Crippen LogP) is 2.20. The van der Waals surface area contributed by atoms with Gasteiger partial charge in [-0.2, -0.15) is 5.26 Å². The van der Waals surface area contributed by atoms with Gasteiger partial charge in [0.2, 0.25) is 0 Å². The monoisotopic (exact) mass is 129 g/mol. The molecule has 1 nitrogen and oxygen atoms in total. The topological polar surface area (TPSA) is 23.8 Å².